The molecule has 1 aliphatic rings. The Morgan fingerprint density at radius 3 is 2.30 bits per heavy atom. The van der Waals surface area contributed by atoms with E-state index < -0.39 is 12.1 Å². The van der Waals surface area contributed by atoms with Crippen molar-refractivity contribution in [2.24, 2.45) is 5.92 Å². The first kappa shape index (κ1) is 23.4. The third kappa shape index (κ3) is 6.87. The van der Waals surface area contributed by atoms with E-state index in [1.807, 2.05) is 18.2 Å². The van der Waals surface area contributed by atoms with Gasteiger partial charge in [-0.1, -0.05) is 12.1 Å². The van der Waals surface area contributed by atoms with Gasteiger partial charge in [-0.15, -0.1) is 0 Å². The van der Waals surface area contributed by atoms with Gasteiger partial charge in [0.2, 0.25) is 5.95 Å². The van der Waals surface area contributed by atoms with E-state index in [2.05, 4.69) is 27.0 Å². The van der Waals surface area contributed by atoms with E-state index in [-0.39, 0.29) is 6.10 Å². The summed E-state index contributed by atoms with van der Waals surface area (Å²) in [6, 6.07) is 10.1. The molecule has 0 aliphatic carbocycles. The van der Waals surface area contributed by atoms with Crippen LogP contribution in [0.3, 0.4) is 0 Å². The van der Waals surface area contributed by atoms with Gasteiger partial charge in [0.05, 0.1) is 13.2 Å². The van der Waals surface area contributed by atoms with Gasteiger partial charge in [0.15, 0.2) is 0 Å². The second-order valence-corrected chi connectivity index (χ2v) is 6.67. The maximum Gasteiger partial charge on any atom is 0.490 e. The summed E-state index contributed by atoms with van der Waals surface area (Å²) < 4.78 is 42.7. The Balaban J connectivity index is 0.000000396. The molecule has 0 amide bonds. The lowest BCUT2D eigenvalue weighted by atomic mass is 9.88. The van der Waals surface area contributed by atoms with Crippen LogP contribution in [-0.4, -0.2) is 60.6 Å². The highest BCUT2D eigenvalue weighted by Crippen LogP contribution is 2.26. The average molecular weight is 427 g/mol. The molecular formula is C20H24F3N3O4. The van der Waals surface area contributed by atoms with Gasteiger partial charge >= 0.3 is 12.1 Å². The number of aliphatic carboxylic acids is 1. The molecule has 2 heterocycles. The van der Waals surface area contributed by atoms with Gasteiger partial charge in [-0.3, -0.25) is 0 Å². The number of rotatable bonds is 5. The van der Waals surface area contributed by atoms with Crippen LogP contribution in [0.4, 0.5) is 19.1 Å². The summed E-state index contributed by atoms with van der Waals surface area (Å²) in [6.07, 6.45) is 0.755. The molecule has 1 fully saturated rings. The molecule has 1 saturated heterocycles. The lowest BCUT2D eigenvalue weighted by Crippen LogP contribution is -2.45. The first-order valence-electron chi connectivity index (χ1n) is 9.22. The molecule has 2 aromatic rings. The van der Waals surface area contributed by atoms with Gasteiger partial charge in [0.1, 0.15) is 5.75 Å². The second kappa shape index (κ2) is 10.8. The fourth-order valence-corrected chi connectivity index (χ4v) is 3.22. The Kier molecular flexibility index (Phi) is 8.40. The van der Waals surface area contributed by atoms with Crippen molar-refractivity contribution in [2.75, 3.05) is 32.2 Å². The lowest BCUT2D eigenvalue weighted by Gasteiger charge is -2.38. The summed E-state index contributed by atoms with van der Waals surface area (Å²) >= 11 is 0. The highest BCUT2D eigenvalue weighted by atomic mass is 19.4. The van der Waals surface area contributed by atoms with Crippen LogP contribution in [0.5, 0.6) is 5.75 Å². The maximum absolute atomic E-state index is 10.6. The number of methoxy groups -OCH3 is 2. The summed E-state index contributed by atoms with van der Waals surface area (Å²) in [5, 5.41) is 7.12. The molecule has 0 saturated carbocycles. The minimum absolute atomic E-state index is 0.275. The standard InChI is InChI=1S/C18H23N3O2.C2HF3O2/c1-22-16-6-4-14(5-7-16)12-15-13-21(11-8-17(15)23-2)18-19-9-3-10-20-18;3-2(4,5)1(6)7/h3-7,9-10,15,17H,8,11-13H2,1-2H3;(H,6,7)/t15-,17+;/m0./s1. The molecule has 7 nitrogen and oxygen atoms in total. The summed E-state index contributed by atoms with van der Waals surface area (Å²) in [7, 11) is 3.50. The monoisotopic (exact) mass is 427 g/mol. The lowest BCUT2D eigenvalue weighted by molar-refractivity contribution is -0.192. The molecule has 0 radical (unpaired) electrons. The summed E-state index contributed by atoms with van der Waals surface area (Å²) in [4.78, 5) is 19.9. The predicted molar refractivity (Wildman–Crippen MR) is 104 cm³/mol. The number of aromatic nitrogens is 2. The highest BCUT2D eigenvalue weighted by molar-refractivity contribution is 5.73. The van der Waals surface area contributed by atoms with Crippen molar-refractivity contribution in [1.82, 2.24) is 9.97 Å². The smallest absolute Gasteiger partial charge is 0.490 e. The van der Waals surface area contributed by atoms with Crippen molar-refractivity contribution in [1.29, 1.82) is 0 Å². The molecule has 2 atom stereocenters. The normalized spacial score (nSPS) is 18.9. The Morgan fingerprint density at radius 1 is 1.20 bits per heavy atom. The molecule has 30 heavy (non-hydrogen) atoms. The second-order valence-electron chi connectivity index (χ2n) is 6.67. The number of carbonyl (C=O) groups is 1. The van der Waals surface area contributed by atoms with E-state index in [1.54, 1.807) is 26.6 Å². The van der Waals surface area contributed by atoms with Crippen LogP contribution in [0, 0.1) is 5.92 Å². The molecule has 0 bridgehead atoms. The number of alkyl halides is 3. The van der Waals surface area contributed by atoms with Gasteiger partial charge in [0, 0.05) is 38.5 Å². The van der Waals surface area contributed by atoms with Crippen molar-refractivity contribution in [3.8, 4) is 5.75 Å². The Morgan fingerprint density at radius 2 is 1.80 bits per heavy atom. The number of ether oxygens (including phenoxy) is 2. The van der Waals surface area contributed by atoms with Crippen molar-refractivity contribution >= 4 is 11.9 Å². The molecule has 0 unspecified atom stereocenters. The number of hydrogen-bond acceptors (Lipinski definition) is 6. The van der Waals surface area contributed by atoms with Gasteiger partial charge < -0.3 is 19.5 Å². The molecule has 164 valence electrons. The number of hydrogen-bond donors (Lipinski definition) is 1. The van der Waals surface area contributed by atoms with E-state index in [9.17, 15) is 13.2 Å². The topological polar surface area (TPSA) is 84.8 Å². The van der Waals surface area contributed by atoms with E-state index in [1.165, 1.54) is 5.56 Å². The summed E-state index contributed by atoms with van der Waals surface area (Å²) in [6.45, 7) is 1.84. The SMILES string of the molecule is COc1ccc(C[C@H]2CN(c3ncccn3)CC[C@H]2OC)cc1.O=C(O)C(F)(F)F. The Bertz CT molecular complexity index is 788. The van der Waals surface area contributed by atoms with Crippen LogP contribution >= 0.6 is 0 Å². The van der Waals surface area contributed by atoms with Crippen molar-refractivity contribution in [3.63, 3.8) is 0 Å². The number of anilines is 1. The van der Waals surface area contributed by atoms with Crippen molar-refractivity contribution in [3.05, 3.63) is 48.3 Å². The van der Waals surface area contributed by atoms with Crippen molar-refractivity contribution < 1.29 is 32.5 Å². The van der Waals surface area contributed by atoms with Crippen molar-refractivity contribution in [2.45, 2.75) is 25.1 Å². The van der Waals surface area contributed by atoms with Crippen LogP contribution in [0.1, 0.15) is 12.0 Å². The molecule has 1 aliphatic heterocycles. The van der Waals surface area contributed by atoms with Gasteiger partial charge in [-0.05, 0) is 36.6 Å². The molecule has 3 rings (SSSR count). The highest BCUT2D eigenvalue weighted by Gasteiger charge is 2.38. The van der Waals surface area contributed by atoms with Gasteiger partial charge in [-0.2, -0.15) is 13.2 Å². The fraction of sp³-hybridized carbons (Fsp3) is 0.450. The Hall–Kier alpha value is -2.88. The maximum atomic E-state index is 10.6. The summed E-state index contributed by atoms with van der Waals surface area (Å²) in [5.41, 5.74) is 1.30. The quantitative estimate of drug-likeness (QED) is 0.784. The molecule has 1 N–H and O–H groups in total. The van der Waals surface area contributed by atoms with E-state index in [0.29, 0.717) is 5.92 Å². The number of piperidine rings is 1. The van der Waals surface area contributed by atoms with Crippen LogP contribution in [0.2, 0.25) is 0 Å². The molecule has 0 spiro atoms. The van der Waals surface area contributed by atoms with E-state index in [0.717, 1.165) is 37.6 Å². The van der Waals surface area contributed by atoms with Crippen LogP contribution < -0.4 is 9.64 Å². The largest absolute Gasteiger partial charge is 0.497 e. The zero-order valence-electron chi connectivity index (χ0n) is 16.7. The third-order valence-electron chi connectivity index (χ3n) is 4.70. The number of carboxylic acids is 1. The molecule has 10 heteroatoms. The molecule has 1 aromatic heterocycles. The predicted octanol–water partition coefficient (Wildman–Crippen LogP) is 3.20. The number of nitrogens with zero attached hydrogens (tertiary/aromatic N) is 3. The molecular weight excluding hydrogens is 403 g/mol. The van der Waals surface area contributed by atoms with Gasteiger partial charge in [-0.25, -0.2) is 14.8 Å². The first-order valence-corrected chi connectivity index (χ1v) is 9.22. The zero-order chi connectivity index (χ0) is 22.1. The Labute approximate surface area is 172 Å². The number of halogens is 3. The summed E-state index contributed by atoms with van der Waals surface area (Å²) in [5.74, 6) is -0.639. The minimum atomic E-state index is -5.08. The zero-order valence-corrected chi connectivity index (χ0v) is 16.7. The number of benzene rings is 1. The third-order valence-corrected chi connectivity index (χ3v) is 4.70. The average Bonchev–Trinajstić information content (AvgIpc) is 2.74. The first-order chi connectivity index (χ1) is 14.2. The van der Waals surface area contributed by atoms with E-state index >= 15 is 0 Å². The van der Waals surface area contributed by atoms with E-state index in [4.69, 9.17) is 19.4 Å². The van der Waals surface area contributed by atoms with Crippen LogP contribution in [-0.2, 0) is 16.0 Å². The minimum Gasteiger partial charge on any atom is -0.497 e. The fourth-order valence-electron chi connectivity index (χ4n) is 3.22. The van der Waals surface area contributed by atoms with Crippen LogP contribution in [0.15, 0.2) is 42.7 Å². The van der Waals surface area contributed by atoms with Gasteiger partial charge in [0.25, 0.3) is 0 Å². The number of carboxylic acid groups (broad SMARTS) is 1. The van der Waals surface area contributed by atoms with Crippen LogP contribution in [0.25, 0.3) is 0 Å². The molecule has 1 aromatic carbocycles.